The number of hydrogen-bond acceptors (Lipinski definition) is 5. The second-order valence-electron chi connectivity index (χ2n) is 8.10. The van der Waals surface area contributed by atoms with E-state index in [1.54, 1.807) is 24.6 Å². The van der Waals surface area contributed by atoms with Crippen LogP contribution in [0.25, 0.3) is 0 Å². The number of benzene rings is 1. The predicted octanol–water partition coefficient (Wildman–Crippen LogP) is 3.96. The van der Waals surface area contributed by atoms with Crippen molar-refractivity contribution < 1.29 is 8.60 Å². The zero-order valence-electron chi connectivity index (χ0n) is 20.3. The number of nitrogens with one attached hydrogen (secondary N) is 1. The smallest absolute Gasteiger partial charge is 0.254 e. The highest BCUT2D eigenvalue weighted by atomic mass is 32.2. The molecule has 1 aromatic carbocycles. The molecule has 0 bridgehead atoms. The lowest BCUT2D eigenvalue weighted by Crippen LogP contribution is -2.33. The first kappa shape index (κ1) is 26.5. The molecule has 2 rings (SSSR count). The number of nitrogens with zero attached hydrogens (tertiary/aromatic N) is 2. The molecule has 33 heavy (non-hydrogen) atoms. The monoisotopic (exact) mass is 474 g/mol. The molecule has 2 aromatic rings. The molecule has 0 saturated heterocycles. The van der Waals surface area contributed by atoms with E-state index in [2.05, 4.69) is 10.2 Å². The number of aryl methyl sites for hydroxylation is 2. The van der Waals surface area contributed by atoms with Gasteiger partial charge in [0.1, 0.15) is 11.6 Å². The molecule has 0 aliphatic rings. The standard InChI is InChI=1S/C25H35FN4O2S/c1-7-30(13-12-27)24-11-8-20(15-17(2)14-18(3)25(31)29(24)5)19(4)28-22-10-9-21(26)16-23(22)33(6)32/h8-11,14-16,19,28H,7,12-13,27H2,1-6H3/t19-,33?/m1/s1. The van der Waals surface area contributed by atoms with E-state index in [9.17, 15) is 13.4 Å². The molecule has 0 fully saturated rings. The Morgan fingerprint density at radius 1 is 1.18 bits per heavy atom. The van der Waals surface area contributed by atoms with Crippen molar-refractivity contribution in [2.24, 2.45) is 12.8 Å². The molecule has 0 radical (unpaired) electrons. The van der Waals surface area contributed by atoms with Gasteiger partial charge in [0.15, 0.2) is 0 Å². The van der Waals surface area contributed by atoms with Gasteiger partial charge in [0.2, 0.25) is 0 Å². The molecule has 0 aliphatic heterocycles. The van der Waals surface area contributed by atoms with Crippen molar-refractivity contribution in [1.29, 1.82) is 0 Å². The second kappa shape index (κ2) is 12.0. The molecule has 2 atom stereocenters. The third kappa shape index (κ3) is 6.88. The lowest BCUT2D eigenvalue weighted by molar-refractivity contribution is 0.622. The van der Waals surface area contributed by atoms with Crippen LogP contribution in [-0.2, 0) is 17.8 Å². The van der Waals surface area contributed by atoms with Gasteiger partial charge in [0.05, 0.1) is 21.4 Å². The van der Waals surface area contributed by atoms with E-state index in [1.807, 2.05) is 45.0 Å². The molecule has 0 aliphatic carbocycles. The summed E-state index contributed by atoms with van der Waals surface area (Å²) in [5.41, 5.74) is 8.86. The van der Waals surface area contributed by atoms with Gasteiger partial charge in [-0.1, -0.05) is 23.8 Å². The van der Waals surface area contributed by atoms with E-state index in [0.717, 1.165) is 16.9 Å². The van der Waals surface area contributed by atoms with Gasteiger partial charge in [-0.25, -0.2) is 4.39 Å². The Balaban J connectivity index is 2.68. The van der Waals surface area contributed by atoms with E-state index in [0.29, 0.717) is 35.8 Å². The zero-order valence-corrected chi connectivity index (χ0v) is 21.1. The lowest BCUT2D eigenvalue weighted by atomic mass is 10.1. The third-order valence-corrected chi connectivity index (χ3v) is 6.44. The summed E-state index contributed by atoms with van der Waals surface area (Å²) in [6.07, 6.45) is 1.53. The van der Waals surface area contributed by atoms with Crippen molar-refractivity contribution in [2.75, 3.05) is 36.1 Å². The number of hydrogen-bond donors (Lipinski definition) is 2. The molecule has 1 aromatic heterocycles. The Labute approximate surface area is 198 Å². The molecule has 3 N–H and O–H groups in total. The number of likely N-dealkylation sites (N-methyl/N-ethyl adjacent to an activating group) is 1. The van der Waals surface area contributed by atoms with Crippen LogP contribution in [0.3, 0.4) is 0 Å². The molecule has 6 nitrogen and oxygen atoms in total. The average Bonchev–Trinajstić information content (AvgIpc) is 2.76. The van der Waals surface area contributed by atoms with Crippen LogP contribution in [-0.4, -0.2) is 34.7 Å². The van der Waals surface area contributed by atoms with E-state index in [-0.39, 0.29) is 11.6 Å². The largest absolute Gasteiger partial charge is 0.378 e. The van der Waals surface area contributed by atoms with Gasteiger partial charge in [-0.05, 0) is 57.5 Å². The van der Waals surface area contributed by atoms with Crippen LogP contribution in [0.5, 0.6) is 0 Å². The normalized spacial score (nSPS) is 12.6. The van der Waals surface area contributed by atoms with Crippen molar-refractivity contribution in [3.05, 3.63) is 75.3 Å². The van der Waals surface area contributed by atoms with E-state index >= 15 is 0 Å². The van der Waals surface area contributed by atoms with Crippen LogP contribution in [0.4, 0.5) is 15.9 Å². The summed E-state index contributed by atoms with van der Waals surface area (Å²) in [5.74, 6) is 0.336. The minimum absolute atomic E-state index is 0.0751. The predicted molar refractivity (Wildman–Crippen MR) is 136 cm³/mol. The number of halogens is 1. The third-order valence-electron chi connectivity index (χ3n) is 5.48. The molecular formula is C25H35FN4O2S. The van der Waals surface area contributed by atoms with E-state index in [4.69, 9.17) is 5.73 Å². The molecule has 8 heteroatoms. The number of anilines is 2. The Hall–Kier alpha value is -2.71. The highest BCUT2D eigenvalue weighted by molar-refractivity contribution is 7.84. The summed E-state index contributed by atoms with van der Waals surface area (Å²) < 4.78 is 27.5. The summed E-state index contributed by atoms with van der Waals surface area (Å²) in [4.78, 5) is 15.4. The molecular weight excluding hydrogens is 439 g/mol. The second-order valence-corrected chi connectivity index (χ2v) is 9.45. The highest BCUT2D eigenvalue weighted by Gasteiger charge is 2.13. The topological polar surface area (TPSA) is 80.4 Å². The summed E-state index contributed by atoms with van der Waals surface area (Å²) in [6, 6.07) is 11.9. The van der Waals surface area contributed by atoms with Crippen LogP contribution in [0.2, 0.25) is 0 Å². The van der Waals surface area contributed by atoms with Crippen molar-refractivity contribution in [1.82, 2.24) is 4.57 Å². The minimum Gasteiger partial charge on any atom is -0.378 e. The molecule has 180 valence electrons. The van der Waals surface area contributed by atoms with Crippen molar-refractivity contribution in [3.63, 3.8) is 0 Å². The van der Waals surface area contributed by atoms with Gasteiger partial charge >= 0.3 is 0 Å². The van der Waals surface area contributed by atoms with Crippen molar-refractivity contribution >= 4 is 22.3 Å². The van der Waals surface area contributed by atoms with Gasteiger partial charge in [0, 0.05) is 44.5 Å². The van der Waals surface area contributed by atoms with Gasteiger partial charge < -0.3 is 16.0 Å². The Bertz CT molecular complexity index is 1130. The van der Waals surface area contributed by atoms with Crippen LogP contribution >= 0.6 is 0 Å². The number of rotatable bonds is 8. The quantitative estimate of drug-likeness (QED) is 0.605. The van der Waals surface area contributed by atoms with Gasteiger partial charge in [-0.3, -0.25) is 13.6 Å². The maximum atomic E-state index is 13.7. The Morgan fingerprint density at radius 3 is 2.48 bits per heavy atom. The summed E-state index contributed by atoms with van der Waals surface area (Å²) in [6.45, 7) is 9.56. The minimum atomic E-state index is -1.34. The van der Waals surface area contributed by atoms with E-state index < -0.39 is 16.6 Å². The van der Waals surface area contributed by atoms with Gasteiger partial charge in [-0.2, -0.15) is 0 Å². The maximum Gasteiger partial charge on any atom is 0.254 e. The first-order chi connectivity index (χ1) is 15.6. The van der Waals surface area contributed by atoms with Crippen LogP contribution in [0, 0.1) is 19.7 Å². The van der Waals surface area contributed by atoms with Gasteiger partial charge in [0.25, 0.3) is 5.56 Å². The molecule has 0 saturated carbocycles. The van der Waals surface area contributed by atoms with Gasteiger partial charge in [-0.15, -0.1) is 0 Å². The molecule has 1 unspecified atom stereocenters. The Morgan fingerprint density at radius 2 is 1.88 bits per heavy atom. The van der Waals surface area contributed by atoms with Crippen molar-refractivity contribution in [2.45, 2.75) is 38.6 Å². The van der Waals surface area contributed by atoms with Crippen LogP contribution in [0.1, 0.15) is 36.6 Å². The fourth-order valence-corrected chi connectivity index (χ4v) is 4.47. The Kier molecular flexibility index (Phi) is 9.61. The number of aromatic nitrogens is 1. The fourth-order valence-electron chi connectivity index (χ4n) is 3.75. The summed E-state index contributed by atoms with van der Waals surface area (Å²) in [7, 11) is 0.425. The molecule has 0 amide bonds. The van der Waals surface area contributed by atoms with Crippen molar-refractivity contribution in [3.8, 4) is 0 Å². The average molecular weight is 475 g/mol. The highest BCUT2D eigenvalue weighted by Crippen LogP contribution is 2.26. The molecule has 1 heterocycles. The SMILES string of the molecule is CCN(CCN)c1ccc([C@@H](C)Nc2ccc(F)cc2S(C)=O)cc(C)cc(C)c(=O)n1C. The number of nitrogens with two attached hydrogens (primary N) is 1. The zero-order chi connectivity index (χ0) is 24.7. The first-order valence-corrected chi connectivity index (χ1v) is 12.6. The summed E-state index contributed by atoms with van der Waals surface area (Å²) >= 11 is 0. The molecule has 0 spiro atoms. The first-order valence-electron chi connectivity index (χ1n) is 11.0. The van der Waals surface area contributed by atoms with E-state index in [1.165, 1.54) is 18.4 Å². The van der Waals surface area contributed by atoms with Crippen LogP contribution < -0.4 is 21.5 Å². The maximum absolute atomic E-state index is 13.7. The fraction of sp³-hybridized carbons (Fsp3) is 0.400. The lowest BCUT2D eigenvalue weighted by Gasteiger charge is -2.24. The summed E-state index contributed by atoms with van der Waals surface area (Å²) in [5, 5.41) is 3.37. The van der Waals surface area contributed by atoms with Crippen LogP contribution in [0.15, 0.2) is 52.2 Å².